The summed E-state index contributed by atoms with van der Waals surface area (Å²) < 4.78 is 0. The number of nitriles is 1. The summed E-state index contributed by atoms with van der Waals surface area (Å²) in [6, 6.07) is 1.71. The minimum atomic E-state index is -0.739. The highest BCUT2D eigenvalue weighted by Gasteiger charge is 2.15. The quantitative estimate of drug-likeness (QED) is 0.339. The Morgan fingerprint density at radius 3 is 2.92 bits per heavy atom. The van der Waals surface area contributed by atoms with Crippen LogP contribution in [0.25, 0.3) is 0 Å². The molecule has 13 heavy (non-hydrogen) atoms. The summed E-state index contributed by atoms with van der Waals surface area (Å²) in [5, 5.41) is 11.9. The summed E-state index contributed by atoms with van der Waals surface area (Å²) in [5.74, 6) is -0.739. The average molecular weight is 196 g/mol. The summed E-state index contributed by atoms with van der Waals surface area (Å²) in [7, 11) is 0. The Labute approximate surface area is 80.8 Å². The van der Waals surface area contributed by atoms with E-state index in [1.807, 2.05) is 0 Å². The Morgan fingerprint density at radius 2 is 2.54 bits per heavy atom. The zero-order valence-electron chi connectivity index (χ0n) is 6.78. The fourth-order valence-electron chi connectivity index (χ4n) is 0.913. The number of primary amides is 1. The van der Waals surface area contributed by atoms with Crippen LogP contribution in [-0.2, 0) is 4.79 Å². The van der Waals surface area contributed by atoms with Crippen LogP contribution < -0.4 is 11.1 Å². The lowest BCUT2D eigenvalue weighted by Gasteiger charge is -2.09. The van der Waals surface area contributed by atoms with Gasteiger partial charge in [-0.2, -0.15) is 5.26 Å². The third-order valence-electron chi connectivity index (χ3n) is 1.56. The van der Waals surface area contributed by atoms with Crippen molar-refractivity contribution >= 4 is 23.2 Å². The van der Waals surface area contributed by atoms with Crippen LogP contribution in [-0.4, -0.2) is 29.0 Å². The Bertz CT molecular complexity index is 317. The number of nitrogens with one attached hydrogen (secondary N) is 1. The minimum absolute atomic E-state index is 0.0916. The van der Waals surface area contributed by atoms with Crippen molar-refractivity contribution in [3.05, 3.63) is 11.8 Å². The van der Waals surface area contributed by atoms with Gasteiger partial charge in [-0.3, -0.25) is 4.79 Å². The summed E-state index contributed by atoms with van der Waals surface area (Å²) in [4.78, 5) is 12.3. The van der Waals surface area contributed by atoms with Crippen molar-refractivity contribution in [1.82, 2.24) is 10.2 Å². The average Bonchev–Trinajstić information content (AvgIpc) is 2.46. The molecule has 1 rings (SSSR count). The molecule has 1 amide bonds. The largest absolute Gasteiger partial charge is 0.365 e. The highest BCUT2D eigenvalue weighted by atomic mass is 32.1. The number of carbonyl (C=O) groups excluding carboxylic acids is 1. The fourth-order valence-corrected chi connectivity index (χ4v) is 1.16. The first-order valence-corrected chi connectivity index (χ1v) is 4.02. The maximum Gasteiger partial charge on any atom is 0.260 e. The van der Waals surface area contributed by atoms with Crippen LogP contribution in [0.15, 0.2) is 11.8 Å². The van der Waals surface area contributed by atoms with E-state index >= 15 is 0 Å². The number of carbonyl (C=O) groups is 1. The third kappa shape index (κ3) is 2.16. The van der Waals surface area contributed by atoms with Crippen molar-refractivity contribution in [3.8, 4) is 6.07 Å². The molecule has 1 aliphatic rings. The van der Waals surface area contributed by atoms with E-state index in [9.17, 15) is 4.79 Å². The molecule has 5 nitrogen and oxygen atoms in total. The van der Waals surface area contributed by atoms with E-state index in [-0.39, 0.29) is 5.57 Å². The van der Waals surface area contributed by atoms with Gasteiger partial charge in [-0.15, -0.1) is 0 Å². The van der Waals surface area contributed by atoms with E-state index in [0.717, 1.165) is 0 Å². The van der Waals surface area contributed by atoms with Gasteiger partial charge >= 0.3 is 0 Å². The molecule has 1 saturated heterocycles. The molecular weight excluding hydrogens is 188 g/mol. The van der Waals surface area contributed by atoms with Crippen LogP contribution in [0.5, 0.6) is 0 Å². The molecule has 1 aliphatic heterocycles. The molecule has 0 bridgehead atoms. The number of rotatable bonds is 2. The second-order valence-corrected chi connectivity index (χ2v) is 2.83. The Kier molecular flexibility index (Phi) is 2.82. The summed E-state index contributed by atoms with van der Waals surface area (Å²) in [5.41, 5.74) is 4.86. The number of nitrogens with zero attached hydrogens (tertiary/aromatic N) is 2. The van der Waals surface area contributed by atoms with E-state index < -0.39 is 5.91 Å². The number of amides is 1. The predicted octanol–water partition coefficient (Wildman–Crippen LogP) is -0.931. The van der Waals surface area contributed by atoms with E-state index in [1.165, 1.54) is 6.20 Å². The van der Waals surface area contributed by atoms with Crippen LogP contribution in [0.2, 0.25) is 0 Å². The Balaban J connectivity index is 2.79. The summed E-state index contributed by atoms with van der Waals surface area (Å²) in [6.45, 7) is 1.37. The number of nitrogens with two attached hydrogens (primary N) is 1. The molecule has 0 aromatic rings. The van der Waals surface area contributed by atoms with Crippen molar-refractivity contribution in [2.75, 3.05) is 13.1 Å². The molecule has 68 valence electrons. The van der Waals surface area contributed by atoms with Crippen molar-refractivity contribution in [2.45, 2.75) is 0 Å². The maximum absolute atomic E-state index is 10.7. The number of hydrogen-bond donors (Lipinski definition) is 2. The molecular formula is C7H8N4OS. The Hall–Kier alpha value is -1.61. The lowest BCUT2D eigenvalue weighted by atomic mass is 10.3. The maximum atomic E-state index is 10.7. The molecule has 0 unspecified atom stereocenters. The predicted molar refractivity (Wildman–Crippen MR) is 50.2 cm³/mol. The van der Waals surface area contributed by atoms with Gasteiger partial charge in [0.15, 0.2) is 5.11 Å². The van der Waals surface area contributed by atoms with E-state index in [2.05, 4.69) is 5.32 Å². The van der Waals surface area contributed by atoms with Gasteiger partial charge in [0.05, 0.1) is 0 Å². The molecule has 0 radical (unpaired) electrons. The molecule has 6 heteroatoms. The first-order valence-electron chi connectivity index (χ1n) is 3.61. The van der Waals surface area contributed by atoms with Crippen LogP contribution >= 0.6 is 12.2 Å². The molecule has 3 N–H and O–H groups in total. The SMILES string of the molecule is N#CC(=CN1CCNC1=S)C(N)=O. The topological polar surface area (TPSA) is 82.2 Å². The van der Waals surface area contributed by atoms with Crippen LogP contribution in [0, 0.1) is 11.3 Å². The van der Waals surface area contributed by atoms with E-state index in [1.54, 1.807) is 11.0 Å². The smallest absolute Gasteiger partial charge is 0.260 e. The second kappa shape index (κ2) is 3.87. The monoisotopic (exact) mass is 196 g/mol. The molecule has 0 atom stereocenters. The second-order valence-electron chi connectivity index (χ2n) is 2.44. The van der Waals surface area contributed by atoms with Crippen molar-refractivity contribution < 1.29 is 4.79 Å². The lowest BCUT2D eigenvalue weighted by Crippen LogP contribution is -2.25. The van der Waals surface area contributed by atoms with Crippen LogP contribution in [0.4, 0.5) is 0 Å². The summed E-state index contributed by atoms with van der Waals surface area (Å²) >= 11 is 4.90. The molecule has 1 fully saturated rings. The molecule has 0 aromatic heterocycles. The van der Waals surface area contributed by atoms with Crippen molar-refractivity contribution in [1.29, 1.82) is 5.26 Å². The molecule has 1 heterocycles. The number of thiocarbonyl (C=S) groups is 1. The first kappa shape index (κ1) is 9.48. The van der Waals surface area contributed by atoms with E-state index in [0.29, 0.717) is 18.2 Å². The van der Waals surface area contributed by atoms with Crippen molar-refractivity contribution in [3.63, 3.8) is 0 Å². The normalized spacial score (nSPS) is 16.7. The van der Waals surface area contributed by atoms with Gasteiger partial charge < -0.3 is 16.0 Å². The zero-order chi connectivity index (χ0) is 9.84. The van der Waals surface area contributed by atoms with Gasteiger partial charge in [-0.25, -0.2) is 0 Å². The highest BCUT2D eigenvalue weighted by molar-refractivity contribution is 7.80. The fraction of sp³-hybridized carbons (Fsp3) is 0.286. The van der Waals surface area contributed by atoms with Gasteiger partial charge in [0.25, 0.3) is 5.91 Å². The first-order chi connectivity index (χ1) is 6.15. The third-order valence-corrected chi connectivity index (χ3v) is 1.94. The van der Waals surface area contributed by atoms with Crippen LogP contribution in [0.3, 0.4) is 0 Å². The van der Waals surface area contributed by atoms with Gasteiger partial charge in [-0.1, -0.05) is 0 Å². The Morgan fingerprint density at radius 1 is 1.85 bits per heavy atom. The molecule has 0 aliphatic carbocycles. The van der Waals surface area contributed by atoms with Crippen molar-refractivity contribution in [2.24, 2.45) is 5.73 Å². The molecule has 0 saturated carbocycles. The van der Waals surface area contributed by atoms with Crippen LogP contribution in [0.1, 0.15) is 0 Å². The van der Waals surface area contributed by atoms with E-state index in [4.69, 9.17) is 23.2 Å². The van der Waals surface area contributed by atoms with Gasteiger partial charge in [0.2, 0.25) is 0 Å². The summed E-state index contributed by atoms with van der Waals surface area (Å²) in [6.07, 6.45) is 1.37. The standard InChI is InChI=1S/C7H8N4OS/c8-3-5(6(9)12)4-11-2-1-10-7(11)13/h4H,1-2H2,(H2,9,12)(H,10,13). The minimum Gasteiger partial charge on any atom is -0.365 e. The highest BCUT2D eigenvalue weighted by Crippen LogP contribution is 2.01. The zero-order valence-corrected chi connectivity index (χ0v) is 7.60. The number of hydrogen-bond acceptors (Lipinski definition) is 3. The molecule has 0 spiro atoms. The molecule has 0 aromatic carbocycles. The lowest BCUT2D eigenvalue weighted by molar-refractivity contribution is -0.114. The van der Waals surface area contributed by atoms with Gasteiger partial charge in [0, 0.05) is 19.3 Å². The van der Waals surface area contributed by atoms with Gasteiger partial charge in [-0.05, 0) is 12.2 Å². The van der Waals surface area contributed by atoms with Gasteiger partial charge in [0.1, 0.15) is 11.6 Å².